The summed E-state index contributed by atoms with van der Waals surface area (Å²) < 4.78 is 0. The fourth-order valence-electron chi connectivity index (χ4n) is 2.87. The van der Waals surface area contributed by atoms with Crippen LogP contribution in [0.2, 0.25) is 0 Å². The molecule has 2 aromatic rings. The zero-order chi connectivity index (χ0) is 11.9. The van der Waals surface area contributed by atoms with Crippen molar-refractivity contribution in [3.8, 4) is 0 Å². The second kappa shape index (κ2) is 3.74. The Kier molecular flexibility index (Phi) is 2.33. The minimum Gasteiger partial charge on any atom is -0.319 e. The first-order valence-electron chi connectivity index (χ1n) is 6.11. The van der Waals surface area contributed by atoms with E-state index in [4.69, 9.17) is 0 Å². The first-order valence-corrected chi connectivity index (χ1v) is 6.11. The normalized spacial score (nSPS) is 18.2. The van der Waals surface area contributed by atoms with Gasteiger partial charge in [-0.25, -0.2) is 4.79 Å². The fourth-order valence-corrected chi connectivity index (χ4v) is 2.87. The molecule has 90 valence electrons. The van der Waals surface area contributed by atoms with Crippen LogP contribution in [-0.4, -0.2) is 23.6 Å². The fraction of sp³-hybridized carbons (Fsp3) is 0.462. The van der Waals surface area contributed by atoms with Crippen molar-refractivity contribution in [2.75, 3.05) is 13.6 Å². The molecule has 1 heterocycles. The van der Waals surface area contributed by atoms with E-state index >= 15 is 0 Å². The molecule has 1 aromatic heterocycles. The maximum absolute atomic E-state index is 11.2. The lowest BCUT2D eigenvalue weighted by atomic mass is 9.64. The number of rotatable bonds is 3. The number of likely N-dealkylation sites (N-methyl/N-ethyl adjacent to an activating group) is 1. The number of hydrogen-bond acceptors (Lipinski definition) is 2. The average molecular weight is 231 g/mol. The van der Waals surface area contributed by atoms with Gasteiger partial charge in [0, 0.05) is 12.0 Å². The molecule has 0 amide bonds. The smallest absolute Gasteiger partial charge is 0.319 e. The number of hydrogen-bond donors (Lipinski definition) is 3. The number of fused-ring (bicyclic) bond motifs is 1. The van der Waals surface area contributed by atoms with E-state index in [1.54, 1.807) is 0 Å². The Morgan fingerprint density at radius 2 is 2.06 bits per heavy atom. The lowest BCUT2D eigenvalue weighted by Gasteiger charge is -2.42. The highest BCUT2D eigenvalue weighted by Crippen LogP contribution is 2.43. The zero-order valence-corrected chi connectivity index (χ0v) is 9.97. The highest BCUT2D eigenvalue weighted by Gasteiger charge is 2.37. The molecule has 0 aliphatic heterocycles. The number of H-pyrrole nitrogens is 2. The summed E-state index contributed by atoms with van der Waals surface area (Å²) in [5, 5.41) is 3.28. The molecule has 0 bridgehead atoms. The number of aromatic nitrogens is 2. The van der Waals surface area contributed by atoms with Gasteiger partial charge in [0.05, 0.1) is 11.0 Å². The minimum absolute atomic E-state index is 0.131. The number of imidazole rings is 1. The summed E-state index contributed by atoms with van der Waals surface area (Å²) in [6.07, 6.45) is 3.76. The first-order chi connectivity index (χ1) is 8.23. The number of nitrogens with one attached hydrogen (secondary N) is 3. The average Bonchev–Trinajstić information content (AvgIpc) is 2.62. The molecule has 0 spiro atoms. The summed E-state index contributed by atoms with van der Waals surface area (Å²) in [7, 11) is 2.00. The van der Waals surface area contributed by atoms with Crippen LogP contribution < -0.4 is 11.0 Å². The lowest BCUT2D eigenvalue weighted by Crippen LogP contribution is -2.42. The predicted molar refractivity (Wildman–Crippen MR) is 68.4 cm³/mol. The summed E-state index contributed by atoms with van der Waals surface area (Å²) in [5.74, 6) is 0. The predicted octanol–water partition coefficient (Wildman–Crippen LogP) is 1.50. The van der Waals surface area contributed by atoms with Gasteiger partial charge in [0.2, 0.25) is 0 Å². The van der Waals surface area contributed by atoms with E-state index in [2.05, 4.69) is 27.4 Å². The van der Waals surface area contributed by atoms with E-state index < -0.39 is 0 Å². The second-order valence-corrected chi connectivity index (χ2v) is 5.00. The van der Waals surface area contributed by atoms with Gasteiger partial charge < -0.3 is 15.3 Å². The van der Waals surface area contributed by atoms with Gasteiger partial charge in [-0.2, -0.15) is 0 Å². The van der Waals surface area contributed by atoms with Crippen LogP contribution in [0, 0.1) is 0 Å². The Balaban J connectivity index is 2.07. The van der Waals surface area contributed by atoms with Crippen LogP contribution in [0.25, 0.3) is 11.0 Å². The van der Waals surface area contributed by atoms with Gasteiger partial charge in [0.25, 0.3) is 0 Å². The van der Waals surface area contributed by atoms with Crippen molar-refractivity contribution in [3.63, 3.8) is 0 Å². The topological polar surface area (TPSA) is 60.7 Å². The summed E-state index contributed by atoms with van der Waals surface area (Å²) in [6.45, 7) is 1.01. The third-order valence-electron chi connectivity index (χ3n) is 3.95. The van der Waals surface area contributed by atoms with E-state index in [0.717, 1.165) is 17.6 Å². The van der Waals surface area contributed by atoms with Crippen LogP contribution in [0.3, 0.4) is 0 Å². The summed E-state index contributed by atoms with van der Waals surface area (Å²) in [6, 6.07) is 6.25. The molecule has 1 fully saturated rings. The highest BCUT2D eigenvalue weighted by atomic mass is 16.1. The third-order valence-corrected chi connectivity index (χ3v) is 3.95. The van der Waals surface area contributed by atoms with E-state index in [1.807, 2.05) is 13.1 Å². The van der Waals surface area contributed by atoms with Crippen molar-refractivity contribution >= 4 is 11.0 Å². The molecule has 0 unspecified atom stereocenters. The summed E-state index contributed by atoms with van der Waals surface area (Å²) in [5.41, 5.74) is 3.28. The van der Waals surface area contributed by atoms with Crippen LogP contribution in [-0.2, 0) is 5.41 Å². The number of benzene rings is 1. The van der Waals surface area contributed by atoms with E-state index in [-0.39, 0.29) is 11.1 Å². The second-order valence-electron chi connectivity index (χ2n) is 5.00. The van der Waals surface area contributed by atoms with Crippen molar-refractivity contribution in [1.29, 1.82) is 0 Å². The van der Waals surface area contributed by atoms with Gasteiger partial charge >= 0.3 is 5.69 Å². The lowest BCUT2D eigenvalue weighted by molar-refractivity contribution is 0.239. The first kappa shape index (κ1) is 10.6. The molecule has 3 rings (SSSR count). The molecule has 1 saturated carbocycles. The van der Waals surface area contributed by atoms with Crippen LogP contribution in [0.1, 0.15) is 24.8 Å². The summed E-state index contributed by atoms with van der Waals surface area (Å²) >= 11 is 0. The Hall–Kier alpha value is -1.55. The van der Waals surface area contributed by atoms with Crippen molar-refractivity contribution in [3.05, 3.63) is 34.2 Å². The molecule has 0 radical (unpaired) electrons. The Bertz CT molecular complexity index is 592. The largest absolute Gasteiger partial charge is 0.323 e. The molecule has 1 aliphatic carbocycles. The van der Waals surface area contributed by atoms with Gasteiger partial charge in [0.1, 0.15) is 0 Å². The van der Waals surface area contributed by atoms with E-state index in [0.29, 0.717) is 0 Å². The van der Waals surface area contributed by atoms with Crippen LogP contribution in [0.15, 0.2) is 23.0 Å². The molecule has 1 aromatic carbocycles. The molecule has 0 atom stereocenters. The van der Waals surface area contributed by atoms with Gasteiger partial charge in [-0.05, 0) is 37.6 Å². The highest BCUT2D eigenvalue weighted by molar-refractivity contribution is 5.75. The Morgan fingerprint density at radius 1 is 1.29 bits per heavy atom. The maximum Gasteiger partial charge on any atom is 0.323 e. The van der Waals surface area contributed by atoms with Crippen molar-refractivity contribution < 1.29 is 0 Å². The molecular weight excluding hydrogens is 214 g/mol. The van der Waals surface area contributed by atoms with Crippen LogP contribution in [0.5, 0.6) is 0 Å². The maximum atomic E-state index is 11.2. The minimum atomic E-state index is -0.131. The van der Waals surface area contributed by atoms with E-state index in [9.17, 15) is 4.79 Å². The molecule has 0 saturated heterocycles. The standard InChI is InChI=1S/C13H17N3O/c1-14-8-13(5-2-6-13)9-3-4-10-11(7-9)16-12(17)15-10/h3-4,7,14H,2,5-6,8H2,1H3,(H2,15,16,17). The summed E-state index contributed by atoms with van der Waals surface area (Å²) in [4.78, 5) is 16.8. The van der Waals surface area contributed by atoms with Crippen molar-refractivity contribution in [2.24, 2.45) is 0 Å². The molecular formula is C13H17N3O. The monoisotopic (exact) mass is 231 g/mol. The van der Waals surface area contributed by atoms with Crippen molar-refractivity contribution in [2.45, 2.75) is 24.7 Å². The van der Waals surface area contributed by atoms with Gasteiger partial charge in [-0.15, -0.1) is 0 Å². The molecule has 17 heavy (non-hydrogen) atoms. The van der Waals surface area contributed by atoms with Gasteiger partial charge in [-0.3, -0.25) is 0 Å². The third kappa shape index (κ3) is 1.60. The molecule has 3 N–H and O–H groups in total. The van der Waals surface area contributed by atoms with Crippen molar-refractivity contribution in [1.82, 2.24) is 15.3 Å². The SMILES string of the molecule is CNCC1(c2ccc3[nH]c(=O)[nH]c3c2)CCC1. The molecule has 4 nitrogen and oxygen atoms in total. The van der Waals surface area contributed by atoms with Gasteiger partial charge in [-0.1, -0.05) is 12.5 Å². The van der Waals surface area contributed by atoms with E-state index in [1.165, 1.54) is 24.8 Å². The van der Waals surface area contributed by atoms with Crippen LogP contribution >= 0.6 is 0 Å². The molecule has 1 aliphatic rings. The molecule has 4 heteroatoms. The Morgan fingerprint density at radius 3 is 2.71 bits per heavy atom. The Labute approximate surface area is 99.4 Å². The van der Waals surface area contributed by atoms with Gasteiger partial charge in [0.15, 0.2) is 0 Å². The van der Waals surface area contributed by atoms with Crippen LogP contribution in [0.4, 0.5) is 0 Å². The number of aromatic amines is 2. The zero-order valence-electron chi connectivity index (χ0n) is 9.97. The quantitative estimate of drug-likeness (QED) is 0.749.